The summed E-state index contributed by atoms with van der Waals surface area (Å²) in [6.07, 6.45) is 2.30. The van der Waals surface area contributed by atoms with Crippen molar-refractivity contribution in [3.8, 4) is 0 Å². The zero-order valence-electron chi connectivity index (χ0n) is 11.4. The van der Waals surface area contributed by atoms with Gasteiger partial charge in [-0.1, -0.05) is 0 Å². The normalized spacial score (nSPS) is 31.2. The highest BCUT2D eigenvalue weighted by Crippen LogP contribution is 2.18. The molecule has 2 atom stereocenters. The topological polar surface area (TPSA) is 42.0 Å². The molecule has 0 spiro atoms. The maximum atomic E-state index is 11.6. The molecular weight excluding hydrogens is 232 g/mol. The van der Waals surface area contributed by atoms with Gasteiger partial charge in [-0.25, -0.2) is 0 Å². The second-order valence-corrected chi connectivity index (χ2v) is 5.38. The molecule has 2 heterocycles. The number of ether oxygens (including phenoxy) is 2. The van der Waals surface area contributed by atoms with Crippen molar-refractivity contribution in [3.05, 3.63) is 0 Å². The summed E-state index contributed by atoms with van der Waals surface area (Å²) < 4.78 is 10.6. The number of likely N-dealkylation sites (tertiary alicyclic amines) is 1. The maximum Gasteiger partial charge on any atom is 0.309 e. The lowest BCUT2D eigenvalue weighted by molar-refractivity contribution is -0.147. The molecule has 0 saturated carbocycles. The van der Waals surface area contributed by atoms with Crippen LogP contribution in [0.15, 0.2) is 0 Å². The zero-order valence-corrected chi connectivity index (χ0v) is 11.4. The lowest BCUT2D eigenvalue weighted by Gasteiger charge is -2.37. The number of methoxy groups -OCH3 is 1. The maximum absolute atomic E-state index is 11.6. The summed E-state index contributed by atoms with van der Waals surface area (Å²) in [7, 11) is 3.60. The van der Waals surface area contributed by atoms with E-state index in [-0.39, 0.29) is 18.0 Å². The van der Waals surface area contributed by atoms with Gasteiger partial charge in [-0.15, -0.1) is 0 Å². The van der Waals surface area contributed by atoms with E-state index < -0.39 is 0 Å². The third-order valence-electron chi connectivity index (χ3n) is 3.84. The number of rotatable bonds is 3. The van der Waals surface area contributed by atoms with Crippen molar-refractivity contribution in [2.75, 3.05) is 53.5 Å². The van der Waals surface area contributed by atoms with E-state index in [9.17, 15) is 4.79 Å². The SMILES string of the molecule is COC(=O)[C@H]1CCCN(CC2CN(C)CCO2)C1. The predicted octanol–water partition coefficient (Wildman–Crippen LogP) is 0.202. The summed E-state index contributed by atoms with van der Waals surface area (Å²) in [5, 5.41) is 0. The van der Waals surface area contributed by atoms with Gasteiger partial charge in [0.2, 0.25) is 0 Å². The fraction of sp³-hybridized carbons (Fsp3) is 0.923. The molecular formula is C13H24N2O3. The molecule has 2 fully saturated rings. The number of likely N-dealkylation sites (N-methyl/N-ethyl adjacent to an activating group) is 1. The van der Waals surface area contributed by atoms with Crippen LogP contribution in [-0.4, -0.2) is 75.4 Å². The minimum atomic E-state index is -0.0682. The second-order valence-electron chi connectivity index (χ2n) is 5.38. The van der Waals surface area contributed by atoms with Gasteiger partial charge in [0, 0.05) is 26.2 Å². The highest BCUT2D eigenvalue weighted by Gasteiger charge is 2.28. The number of esters is 1. The van der Waals surface area contributed by atoms with Crippen LogP contribution in [0.1, 0.15) is 12.8 Å². The Morgan fingerprint density at radius 3 is 2.94 bits per heavy atom. The molecule has 2 rings (SSSR count). The number of hydrogen-bond acceptors (Lipinski definition) is 5. The molecule has 0 aromatic heterocycles. The van der Waals surface area contributed by atoms with Gasteiger partial charge >= 0.3 is 5.97 Å². The predicted molar refractivity (Wildman–Crippen MR) is 68.4 cm³/mol. The Hall–Kier alpha value is -0.650. The summed E-state index contributed by atoms with van der Waals surface area (Å²) in [5.74, 6) is -0.0218. The molecule has 5 nitrogen and oxygen atoms in total. The molecule has 0 bridgehead atoms. The van der Waals surface area contributed by atoms with Crippen molar-refractivity contribution in [3.63, 3.8) is 0 Å². The first-order valence-electron chi connectivity index (χ1n) is 6.79. The number of morpholine rings is 1. The summed E-state index contributed by atoms with van der Waals surface area (Å²) in [6, 6.07) is 0. The zero-order chi connectivity index (χ0) is 13.0. The van der Waals surface area contributed by atoms with Crippen molar-refractivity contribution < 1.29 is 14.3 Å². The van der Waals surface area contributed by atoms with Gasteiger partial charge in [-0.3, -0.25) is 9.69 Å². The molecule has 0 aliphatic carbocycles. The van der Waals surface area contributed by atoms with E-state index in [4.69, 9.17) is 9.47 Å². The molecule has 5 heteroatoms. The largest absolute Gasteiger partial charge is 0.469 e. The number of piperidine rings is 1. The third-order valence-corrected chi connectivity index (χ3v) is 3.84. The lowest BCUT2D eigenvalue weighted by atomic mass is 9.98. The van der Waals surface area contributed by atoms with E-state index in [2.05, 4.69) is 16.8 Å². The van der Waals surface area contributed by atoms with Crippen LogP contribution in [0, 0.1) is 5.92 Å². The highest BCUT2D eigenvalue weighted by molar-refractivity contribution is 5.72. The van der Waals surface area contributed by atoms with Gasteiger partial charge in [-0.05, 0) is 26.4 Å². The number of carbonyl (C=O) groups excluding carboxylic acids is 1. The fourth-order valence-corrected chi connectivity index (χ4v) is 2.85. The van der Waals surface area contributed by atoms with Gasteiger partial charge in [0.1, 0.15) is 0 Å². The minimum absolute atomic E-state index is 0.0464. The van der Waals surface area contributed by atoms with Gasteiger partial charge < -0.3 is 14.4 Å². The quantitative estimate of drug-likeness (QED) is 0.675. The van der Waals surface area contributed by atoms with Crippen LogP contribution >= 0.6 is 0 Å². The molecule has 2 saturated heterocycles. The third kappa shape index (κ3) is 3.67. The number of nitrogens with zero attached hydrogens (tertiary/aromatic N) is 2. The molecule has 104 valence electrons. The van der Waals surface area contributed by atoms with Crippen LogP contribution in [0.2, 0.25) is 0 Å². The summed E-state index contributed by atoms with van der Waals surface area (Å²) >= 11 is 0. The lowest BCUT2D eigenvalue weighted by Crippen LogP contribution is -2.49. The highest BCUT2D eigenvalue weighted by atomic mass is 16.5. The minimum Gasteiger partial charge on any atom is -0.469 e. The van der Waals surface area contributed by atoms with Crippen LogP contribution < -0.4 is 0 Å². The van der Waals surface area contributed by atoms with Crippen molar-refractivity contribution in [1.29, 1.82) is 0 Å². The summed E-state index contributed by atoms with van der Waals surface area (Å²) in [5.41, 5.74) is 0. The Kier molecular flexibility index (Phi) is 4.97. The van der Waals surface area contributed by atoms with Crippen molar-refractivity contribution in [1.82, 2.24) is 9.80 Å². The van der Waals surface area contributed by atoms with E-state index in [0.717, 1.165) is 52.2 Å². The van der Waals surface area contributed by atoms with Gasteiger partial charge in [0.15, 0.2) is 0 Å². The number of carbonyl (C=O) groups is 1. The van der Waals surface area contributed by atoms with E-state index in [1.54, 1.807) is 0 Å². The van der Waals surface area contributed by atoms with Crippen molar-refractivity contribution >= 4 is 5.97 Å². The van der Waals surface area contributed by atoms with Crippen molar-refractivity contribution in [2.45, 2.75) is 18.9 Å². The van der Waals surface area contributed by atoms with Crippen molar-refractivity contribution in [2.24, 2.45) is 5.92 Å². The van der Waals surface area contributed by atoms with E-state index in [1.807, 2.05) is 0 Å². The summed E-state index contributed by atoms with van der Waals surface area (Å²) in [6.45, 7) is 5.63. The molecule has 0 amide bonds. The average Bonchev–Trinajstić information content (AvgIpc) is 2.38. The summed E-state index contributed by atoms with van der Waals surface area (Å²) in [4.78, 5) is 16.2. The molecule has 18 heavy (non-hydrogen) atoms. The molecule has 0 aromatic carbocycles. The fourth-order valence-electron chi connectivity index (χ4n) is 2.85. The van der Waals surface area contributed by atoms with Crippen LogP contribution in [0.3, 0.4) is 0 Å². The second kappa shape index (κ2) is 6.50. The molecule has 1 unspecified atom stereocenters. The Labute approximate surface area is 109 Å². The Bertz CT molecular complexity index is 285. The first-order chi connectivity index (χ1) is 8.69. The number of hydrogen-bond donors (Lipinski definition) is 0. The Morgan fingerprint density at radius 2 is 2.22 bits per heavy atom. The standard InChI is InChI=1S/C13H24N2O3/c1-14-6-7-18-12(9-14)10-15-5-3-4-11(8-15)13(16)17-2/h11-12H,3-10H2,1-2H3/t11-,12?/m0/s1. The Morgan fingerprint density at radius 1 is 1.39 bits per heavy atom. The van der Waals surface area contributed by atoms with E-state index in [0.29, 0.717) is 0 Å². The van der Waals surface area contributed by atoms with Crippen LogP contribution in [0.5, 0.6) is 0 Å². The smallest absolute Gasteiger partial charge is 0.309 e. The monoisotopic (exact) mass is 256 g/mol. The van der Waals surface area contributed by atoms with Gasteiger partial charge in [-0.2, -0.15) is 0 Å². The Balaban J connectivity index is 1.80. The first kappa shape index (κ1) is 13.8. The van der Waals surface area contributed by atoms with Gasteiger partial charge in [0.05, 0.1) is 25.7 Å². The van der Waals surface area contributed by atoms with Crippen LogP contribution in [-0.2, 0) is 14.3 Å². The first-order valence-corrected chi connectivity index (χ1v) is 6.79. The average molecular weight is 256 g/mol. The van der Waals surface area contributed by atoms with Gasteiger partial charge in [0.25, 0.3) is 0 Å². The molecule has 2 aliphatic heterocycles. The molecule has 0 radical (unpaired) electrons. The van der Waals surface area contributed by atoms with E-state index >= 15 is 0 Å². The molecule has 0 N–H and O–H groups in total. The van der Waals surface area contributed by atoms with Crippen LogP contribution in [0.25, 0.3) is 0 Å². The molecule has 0 aromatic rings. The molecule has 2 aliphatic rings. The van der Waals surface area contributed by atoms with E-state index in [1.165, 1.54) is 7.11 Å². The van der Waals surface area contributed by atoms with Crippen LogP contribution in [0.4, 0.5) is 0 Å².